The Morgan fingerprint density at radius 1 is 0.700 bits per heavy atom. The molecule has 0 heterocycles. The molecule has 0 saturated heterocycles. The highest BCUT2D eigenvalue weighted by Crippen LogP contribution is 2.29. The third-order valence-corrected chi connectivity index (χ3v) is 5.18. The molecule has 2 N–H and O–H groups in total. The Labute approximate surface area is 176 Å². The number of hydrogen-bond donors (Lipinski definition) is 2. The van der Waals surface area contributed by atoms with Gasteiger partial charge in [0.2, 0.25) is 0 Å². The topological polar surface area (TPSA) is 92.3 Å². The van der Waals surface area contributed by atoms with Crippen LogP contribution in [0.3, 0.4) is 0 Å². The Bertz CT molecular complexity index is 930. The van der Waals surface area contributed by atoms with Crippen LogP contribution in [-0.2, 0) is 0 Å². The first kappa shape index (κ1) is 21.4. The molecule has 156 valence electrons. The lowest BCUT2D eigenvalue weighted by Gasteiger charge is -2.20. The average Bonchev–Trinajstić information content (AvgIpc) is 2.76. The second-order valence-electron chi connectivity index (χ2n) is 7.37. The summed E-state index contributed by atoms with van der Waals surface area (Å²) in [6.45, 7) is 4.97. The van der Waals surface area contributed by atoms with E-state index in [1.165, 1.54) is 12.1 Å². The van der Waals surface area contributed by atoms with Crippen molar-refractivity contribution in [1.82, 2.24) is 10.6 Å². The van der Waals surface area contributed by atoms with Gasteiger partial charge in [0.05, 0.1) is 11.1 Å². The Kier molecular flexibility index (Phi) is 6.77. The summed E-state index contributed by atoms with van der Waals surface area (Å²) in [5.41, 5.74) is 1.16. The van der Waals surface area contributed by atoms with Gasteiger partial charge in [0.25, 0.3) is 11.8 Å². The lowest BCUT2D eigenvalue weighted by atomic mass is 9.82. The monoisotopic (exact) mass is 406 g/mol. The highest BCUT2D eigenvalue weighted by Gasteiger charge is 2.32. The van der Waals surface area contributed by atoms with Gasteiger partial charge in [-0.1, -0.05) is 51.0 Å². The SMILES string of the molecule is CCCCNC(=O)c1cc2c(cc1C(=O)NCCCC)C(=O)c1ccccc1C2=O. The minimum Gasteiger partial charge on any atom is -0.352 e. The van der Waals surface area contributed by atoms with Gasteiger partial charge in [-0.25, -0.2) is 0 Å². The molecule has 6 heteroatoms. The molecule has 0 saturated carbocycles. The maximum absolute atomic E-state index is 13.0. The van der Waals surface area contributed by atoms with Crippen molar-refractivity contribution in [2.24, 2.45) is 0 Å². The van der Waals surface area contributed by atoms with Crippen LogP contribution in [0.2, 0.25) is 0 Å². The third kappa shape index (κ3) is 4.17. The molecule has 0 aliphatic heterocycles. The number of ketones is 2. The molecule has 0 aromatic heterocycles. The molecule has 30 heavy (non-hydrogen) atoms. The zero-order valence-corrected chi connectivity index (χ0v) is 17.3. The van der Waals surface area contributed by atoms with E-state index in [0.717, 1.165) is 25.7 Å². The fourth-order valence-electron chi connectivity index (χ4n) is 3.47. The lowest BCUT2D eigenvalue weighted by molar-refractivity contribution is 0.0917. The third-order valence-electron chi connectivity index (χ3n) is 5.18. The van der Waals surface area contributed by atoms with Crippen LogP contribution < -0.4 is 10.6 Å². The number of carbonyl (C=O) groups is 4. The van der Waals surface area contributed by atoms with Crippen molar-refractivity contribution in [3.05, 3.63) is 69.8 Å². The lowest BCUT2D eigenvalue weighted by Crippen LogP contribution is -2.32. The van der Waals surface area contributed by atoms with E-state index < -0.39 is 11.8 Å². The minimum absolute atomic E-state index is 0.111. The second kappa shape index (κ2) is 9.48. The Balaban J connectivity index is 2.06. The van der Waals surface area contributed by atoms with Crippen LogP contribution in [-0.4, -0.2) is 36.5 Å². The van der Waals surface area contributed by atoms with Gasteiger partial charge in [-0.15, -0.1) is 0 Å². The molecule has 2 aromatic carbocycles. The summed E-state index contributed by atoms with van der Waals surface area (Å²) in [4.78, 5) is 51.6. The molecule has 2 aromatic rings. The maximum Gasteiger partial charge on any atom is 0.252 e. The van der Waals surface area contributed by atoms with Crippen LogP contribution in [0, 0.1) is 0 Å². The first-order valence-electron chi connectivity index (χ1n) is 10.4. The van der Waals surface area contributed by atoms with Gasteiger partial charge in [0.15, 0.2) is 11.6 Å². The predicted octanol–water partition coefficient (Wildman–Crippen LogP) is 3.52. The van der Waals surface area contributed by atoms with E-state index in [1.54, 1.807) is 24.3 Å². The number of unbranched alkanes of at least 4 members (excludes halogenated alkanes) is 2. The van der Waals surface area contributed by atoms with E-state index in [4.69, 9.17) is 0 Å². The van der Waals surface area contributed by atoms with Crippen LogP contribution in [0.15, 0.2) is 36.4 Å². The molecule has 0 spiro atoms. The van der Waals surface area contributed by atoms with Crippen LogP contribution >= 0.6 is 0 Å². The van der Waals surface area contributed by atoms with E-state index in [-0.39, 0.29) is 33.8 Å². The minimum atomic E-state index is -0.425. The van der Waals surface area contributed by atoms with E-state index in [9.17, 15) is 19.2 Å². The molecular weight excluding hydrogens is 380 g/mol. The summed E-state index contributed by atoms with van der Waals surface area (Å²) < 4.78 is 0. The molecule has 6 nitrogen and oxygen atoms in total. The van der Waals surface area contributed by atoms with Crippen molar-refractivity contribution in [3.8, 4) is 0 Å². The predicted molar refractivity (Wildman–Crippen MR) is 114 cm³/mol. The summed E-state index contributed by atoms with van der Waals surface area (Å²) in [5.74, 6) is -1.49. The smallest absolute Gasteiger partial charge is 0.252 e. The number of benzene rings is 2. The largest absolute Gasteiger partial charge is 0.352 e. The van der Waals surface area contributed by atoms with Gasteiger partial charge < -0.3 is 10.6 Å². The van der Waals surface area contributed by atoms with Crippen LogP contribution in [0.5, 0.6) is 0 Å². The zero-order valence-electron chi connectivity index (χ0n) is 17.3. The molecular formula is C24H26N2O4. The molecule has 0 unspecified atom stereocenters. The maximum atomic E-state index is 13.0. The quantitative estimate of drug-likeness (QED) is 0.560. The van der Waals surface area contributed by atoms with Gasteiger partial charge in [-0.3, -0.25) is 19.2 Å². The summed E-state index contributed by atoms with van der Waals surface area (Å²) >= 11 is 0. The van der Waals surface area contributed by atoms with Gasteiger partial charge >= 0.3 is 0 Å². The molecule has 2 amide bonds. The van der Waals surface area contributed by atoms with E-state index in [2.05, 4.69) is 10.6 Å². The second-order valence-corrected chi connectivity index (χ2v) is 7.37. The standard InChI is InChI=1S/C24H26N2O4/c1-3-5-11-25-23(29)19-13-17-18(14-20(19)24(30)26-12-6-4-2)22(28)16-10-8-7-9-15(16)21(17)27/h7-10,13-14H,3-6,11-12H2,1-2H3,(H,25,29)(H,26,30). The van der Waals surface area contributed by atoms with Crippen molar-refractivity contribution in [2.75, 3.05) is 13.1 Å². The van der Waals surface area contributed by atoms with Crippen LogP contribution in [0.25, 0.3) is 0 Å². The normalized spacial score (nSPS) is 12.2. The Morgan fingerprint density at radius 3 is 1.47 bits per heavy atom. The summed E-state index contributed by atoms with van der Waals surface area (Å²) in [6.07, 6.45) is 3.44. The number of amides is 2. The van der Waals surface area contributed by atoms with Crippen molar-refractivity contribution >= 4 is 23.4 Å². The zero-order chi connectivity index (χ0) is 21.7. The van der Waals surface area contributed by atoms with Gasteiger partial charge in [0, 0.05) is 35.3 Å². The van der Waals surface area contributed by atoms with Crippen LogP contribution in [0.4, 0.5) is 0 Å². The average molecular weight is 406 g/mol. The number of rotatable bonds is 8. The van der Waals surface area contributed by atoms with Crippen molar-refractivity contribution < 1.29 is 19.2 Å². The Morgan fingerprint density at radius 2 is 1.10 bits per heavy atom. The summed E-state index contributed by atoms with van der Waals surface area (Å²) in [7, 11) is 0. The van der Waals surface area contributed by atoms with Gasteiger partial charge in [0.1, 0.15) is 0 Å². The highest BCUT2D eigenvalue weighted by atomic mass is 16.2. The first-order chi connectivity index (χ1) is 14.5. The molecule has 0 atom stereocenters. The summed E-state index contributed by atoms with van der Waals surface area (Å²) in [6, 6.07) is 9.38. The number of fused-ring (bicyclic) bond motifs is 2. The molecule has 0 radical (unpaired) electrons. The van der Waals surface area contributed by atoms with E-state index in [1.807, 2.05) is 13.8 Å². The molecule has 1 aliphatic rings. The van der Waals surface area contributed by atoms with Crippen molar-refractivity contribution in [1.29, 1.82) is 0 Å². The van der Waals surface area contributed by atoms with E-state index in [0.29, 0.717) is 24.2 Å². The number of carbonyl (C=O) groups excluding carboxylic acids is 4. The first-order valence-corrected chi connectivity index (χ1v) is 10.4. The molecule has 3 rings (SSSR count). The highest BCUT2D eigenvalue weighted by molar-refractivity contribution is 6.29. The van der Waals surface area contributed by atoms with Gasteiger partial charge in [-0.05, 0) is 25.0 Å². The fourth-order valence-corrected chi connectivity index (χ4v) is 3.47. The number of nitrogens with one attached hydrogen (secondary N) is 2. The molecule has 0 bridgehead atoms. The Hall–Kier alpha value is -3.28. The van der Waals surface area contributed by atoms with Crippen molar-refractivity contribution in [2.45, 2.75) is 39.5 Å². The molecule has 1 aliphatic carbocycles. The molecule has 0 fully saturated rings. The fraction of sp³-hybridized carbons (Fsp3) is 0.333. The van der Waals surface area contributed by atoms with E-state index >= 15 is 0 Å². The number of hydrogen-bond acceptors (Lipinski definition) is 4. The van der Waals surface area contributed by atoms with Gasteiger partial charge in [-0.2, -0.15) is 0 Å². The van der Waals surface area contributed by atoms with Crippen LogP contribution in [0.1, 0.15) is 92.1 Å². The summed E-state index contributed by atoms with van der Waals surface area (Å²) in [5, 5.41) is 5.60. The van der Waals surface area contributed by atoms with Crippen molar-refractivity contribution in [3.63, 3.8) is 0 Å².